The van der Waals surface area contributed by atoms with Crippen molar-refractivity contribution >= 4 is 11.9 Å². The van der Waals surface area contributed by atoms with Gasteiger partial charge in [-0.2, -0.15) is 0 Å². The second-order valence-electron chi connectivity index (χ2n) is 13.6. The zero-order valence-corrected chi connectivity index (χ0v) is 29.0. The van der Waals surface area contributed by atoms with Crippen LogP contribution < -0.4 is 0 Å². The summed E-state index contributed by atoms with van der Waals surface area (Å²) in [6.07, 6.45) is 5.84. The van der Waals surface area contributed by atoms with Crippen LogP contribution in [0.1, 0.15) is 101 Å². The Morgan fingerprint density at radius 2 is 1.59 bits per heavy atom. The van der Waals surface area contributed by atoms with Crippen molar-refractivity contribution in [2.75, 3.05) is 59.0 Å². The number of hydrogen-bond acceptors (Lipinski definition) is 7. The minimum absolute atomic E-state index is 0.0582. The quantitative estimate of drug-likeness (QED) is 0.185. The van der Waals surface area contributed by atoms with Crippen LogP contribution in [0.15, 0.2) is 48.5 Å². The summed E-state index contributed by atoms with van der Waals surface area (Å²) in [5.74, 6) is 0.931. The summed E-state index contributed by atoms with van der Waals surface area (Å²) >= 11 is 0. The molecule has 4 rings (SSSR count). The maximum atomic E-state index is 13.8. The molecule has 2 aliphatic rings. The first-order valence-electron chi connectivity index (χ1n) is 17.8. The van der Waals surface area contributed by atoms with Crippen LogP contribution in [0.2, 0.25) is 0 Å². The van der Waals surface area contributed by atoms with Gasteiger partial charge in [-0.05, 0) is 81.5 Å². The lowest BCUT2D eigenvalue weighted by Gasteiger charge is -2.48. The molecule has 1 unspecified atom stereocenters. The molecule has 8 heteroatoms. The van der Waals surface area contributed by atoms with E-state index in [0.29, 0.717) is 31.0 Å². The summed E-state index contributed by atoms with van der Waals surface area (Å²) in [6.45, 7) is 18.8. The van der Waals surface area contributed by atoms with Gasteiger partial charge in [-0.1, -0.05) is 57.4 Å². The first kappa shape index (κ1) is 35.9. The third-order valence-electron chi connectivity index (χ3n) is 9.94. The number of phenols is 1. The number of esters is 1. The van der Waals surface area contributed by atoms with Gasteiger partial charge < -0.3 is 14.7 Å². The van der Waals surface area contributed by atoms with Crippen molar-refractivity contribution in [3.8, 4) is 5.75 Å². The zero-order chi connectivity index (χ0) is 33.1. The Morgan fingerprint density at radius 1 is 0.891 bits per heavy atom. The Hall–Kier alpha value is -2.94. The number of hydrogen-bond donors (Lipinski definition) is 1. The lowest BCUT2D eigenvalue weighted by atomic mass is 9.92. The van der Waals surface area contributed by atoms with Crippen LogP contribution in [0.25, 0.3) is 0 Å². The highest BCUT2D eigenvalue weighted by Gasteiger charge is 2.35. The third-order valence-corrected chi connectivity index (χ3v) is 9.94. The Morgan fingerprint density at radius 3 is 2.28 bits per heavy atom. The van der Waals surface area contributed by atoms with Crippen molar-refractivity contribution in [1.82, 2.24) is 19.6 Å². The van der Waals surface area contributed by atoms with Gasteiger partial charge in [0.1, 0.15) is 5.75 Å². The minimum Gasteiger partial charge on any atom is -0.508 e. The zero-order valence-electron chi connectivity index (χ0n) is 29.0. The molecule has 0 saturated carbocycles. The predicted octanol–water partition coefficient (Wildman–Crippen LogP) is 6.19. The van der Waals surface area contributed by atoms with E-state index in [2.05, 4.69) is 60.6 Å². The van der Waals surface area contributed by atoms with Gasteiger partial charge >= 0.3 is 5.97 Å². The molecule has 8 nitrogen and oxygen atoms in total. The predicted molar refractivity (Wildman–Crippen MR) is 185 cm³/mol. The number of piperazine rings is 2. The van der Waals surface area contributed by atoms with Gasteiger partial charge in [-0.15, -0.1) is 0 Å². The van der Waals surface area contributed by atoms with E-state index in [0.717, 1.165) is 94.7 Å². The molecule has 2 aliphatic heterocycles. The van der Waals surface area contributed by atoms with Gasteiger partial charge in [0.25, 0.3) is 5.91 Å². The summed E-state index contributed by atoms with van der Waals surface area (Å²) in [7, 11) is 0. The van der Waals surface area contributed by atoms with Crippen molar-refractivity contribution in [3.63, 3.8) is 0 Å². The van der Waals surface area contributed by atoms with E-state index in [9.17, 15) is 14.7 Å². The summed E-state index contributed by atoms with van der Waals surface area (Å²) < 4.78 is 5.01. The number of ether oxygens (including phenoxy) is 1. The van der Waals surface area contributed by atoms with Gasteiger partial charge in [-0.3, -0.25) is 24.3 Å². The van der Waals surface area contributed by atoms with Gasteiger partial charge in [0.15, 0.2) is 0 Å². The molecular formula is C38H58N4O4. The smallest absolute Gasteiger partial charge is 0.305 e. The van der Waals surface area contributed by atoms with Gasteiger partial charge in [0.05, 0.1) is 12.6 Å². The topological polar surface area (TPSA) is 76.6 Å². The number of rotatable bonds is 15. The molecule has 2 aromatic rings. The molecule has 46 heavy (non-hydrogen) atoms. The highest BCUT2D eigenvalue weighted by atomic mass is 16.5. The first-order chi connectivity index (χ1) is 22.2. The summed E-state index contributed by atoms with van der Waals surface area (Å²) in [6, 6.07) is 16.5. The Kier molecular flexibility index (Phi) is 13.9. The number of unbranched alkanes of at least 4 members (excludes halogenated alkanes) is 3. The fraction of sp³-hybridized carbons (Fsp3) is 0.632. The lowest BCUT2D eigenvalue weighted by Crippen LogP contribution is -2.57. The molecule has 2 saturated heterocycles. The fourth-order valence-corrected chi connectivity index (χ4v) is 7.03. The molecule has 0 aliphatic carbocycles. The monoisotopic (exact) mass is 634 g/mol. The van der Waals surface area contributed by atoms with Crippen molar-refractivity contribution < 1.29 is 19.4 Å². The van der Waals surface area contributed by atoms with Crippen LogP contribution in [0, 0.1) is 5.92 Å². The van der Waals surface area contributed by atoms with Gasteiger partial charge in [0, 0.05) is 69.9 Å². The number of benzene rings is 2. The normalized spacial score (nSPS) is 21.2. The maximum absolute atomic E-state index is 13.8. The molecular weight excluding hydrogens is 576 g/mol. The average molecular weight is 635 g/mol. The number of carbonyl (C=O) groups excluding carboxylic acids is 2. The molecule has 1 N–H and O–H groups in total. The van der Waals surface area contributed by atoms with E-state index in [1.165, 1.54) is 6.42 Å². The first-order valence-corrected chi connectivity index (χ1v) is 17.8. The largest absolute Gasteiger partial charge is 0.508 e. The van der Waals surface area contributed by atoms with Crippen molar-refractivity contribution in [2.45, 2.75) is 91.3 Å². The molecule has 0 bridgehead atoms. The van der Waals surface area contributed by atoms with Crippen LogP contribution >= 0.6 is 0 Å². The van der Waals surface area contributed by atoms with Crippen molar-refractivity contribution in [1.29, 1.82) is 0 Å². The standard InChI is InChI=1S/C38H58N4O4/c1-6-29(3)26-41-27-31(5)42(28-30(41)4)37(33-15-13-17-35(43)25-33)32-14-12-16-34(24-32)38(45)40-22-20-39(21-23-40)19-11-9-8-10-18-36(44)46-7-2/h12-17,24-25,29-31,37,43H,6-11,18-23,26-28H2,1-5H3/t29?,30-,31+,37-/m1/s1. The number of carbonyl (C=O) groups is 2. The molecule has 254 valence electrons. The number of phenolic OH excluding ortho intramolecular Hbond substituents is 1. The Bertz CT molecular complexity index is 1250. The molecule has 0 spiro atoms. The van der Waals surface area contributed by atoms with E-state index in [-0.39, 0.29) is 23.7 Å². The van der Waals surface area contributed by atoms with Crippen molar-refractivity contribution in [3.05, 3.63) is 65.2 Å². The molecule has 0 aromatic heterocycles. The number of aromatic hydroxyl groups is 1. The van der Waals surface area contributed by atoms with E-state index in [4.69, 9.17) is 4.74 Å². The molecule has 0 radical (unpaired) electrons. The van der Waals surface area contributed by atoms with Crippen LogP contribution in [0.5, 0.6) is 5.75 Å². The van der Waals surface area contributed by atoms with E-state index >= 15 is 0 Å². The number of amides is 1. The highest BCUT2D eigenvalue weighted by Crippen LogP contribution is 2.35. The Labute approximate surface area is 277 Å². The maximum Gasteiger partial charge on any atom is 0.305 e. The van der Waals surface area contributed by atoms with Crippen LogP contribution in [0.3, 0.4) is 0 Å². The third kappa shape index (κ3) is 10.0. The summed E-state index contributed by atoms with van der Waals surface area (Å²) in [5.41, 5.74) is 2.87. The second-order valence-corrected chi connectivity index (χ2v) is 13.6. The Balaban J connectivity index is 1.38. The average Bonchev–Trinajstić information content (AvgIpc) is 3.05. The second kappa shape index (κ2) is 17.8. The molecule has 1 amide bonds. The van der Waals surface area contributed by atoms with Gasteiger partial charge in [0.2, 0.25) is 0 Å². The summed E-state index contributed by atoms with van der Waals surface area (Å²) in [4.78, 5) is 34.9. The SMILES string of the molecule is CCOC(=O)CCCCCCN1CCN(C(=O)c2cccc([C@H](c3cccc(O)c3)N3C[C@@H](C)N(CC(C)CC)C[C@@H]3C)c2)CC1. The van der Waals surface area contributed by atoms with E-state index < -0.39 is 0 Å². The molecule has 2 fully saturated rings. The number of nitrogens with zero attached hydrogens (tertiary/aromatic N) is 4. The highest BCUT2D eigenvalue weighted by molar-refractivity contribution is 5.94. The molecule has 4 atom stereocenters. The van der Waals surface area contributed by atoms with Crippen molar-refractivity contribution in [2.24, 2.45) is 5.92 Å². The van der Waals surface area contributed by atoms with Crippen LogP contribution in [-0.4, -0.2) is 108 Å². The molecule has 2 aromatic carbocycles. The lowest BCUT2D eigenvalue weighted by molar-refractivity contribution is -0.143. The van der Waals surface area contributed by atoms with E-state index in [1.54, 1.807) is 6.07 Å². The minimum atomic E-state index is -0.0943. The fourth-order valence-electron chi connectivity index (χ4n) is 7.03. The summed E-state index contributed by atoms with van der Waals surface area (Å²) in [5, 5.41) is 10.4. The van der Waals surface area contributed by atoms with Gasteiger partial charge in [-0.25, -0.2) is 0 Å². The van der Waals surface area contributed by atoms with E-state index in [1.807, 2.05) is 36.1 Å². The van der Waals surface area contributed by atoms with Crippen LogP contribution in [-0.2, 0) is 9.53 Å². The van der Waals surface area contributed by atoms with Crippen LogP contribution in [0.4, 0.5) is 0 Å². The molecule has 2 heterocycles.